The molecule has 2 aliphatic rings. The molecule has 0 atom stereocenters. The molecule has 17 heavy (non-hydrogen) atoms. The van der Waals surface area contributed by atoms with Gasteiger partial charge in [0.2, 0.25) is 0 Å². The maximum Gasteiger partial charge on any atom is 0.0712 e. The van der Waals surface area contributed by atoms with Gasteiger partial charge < -0.3 is 10.0 Å². The highest BCUT2D eigenvalue weighted by Gasteiger charge is 2.37. The van der Waals surface area contributed by atoms with Crippen LogP contribution in [-0.2, 0) is 6.42 Å². The van der Waals surface area contributed by atoms with Gasteiger partial charge in [-0.05, 0) is 31.2 Å². The summed E-state index contributed by atoms with van der Waals surface area (Å²) in [6.07, 6.45) is 5.41. The largest absolute Gasteiger partial charge is 0.389 e. The van der Waals surface area contributed by atoms with Crippen molar-refractivity contribution in [1.29, 1.82) is 0 Å². The molecule has 1 heterocycles. The highest BCUT2D eigenvalue weighted by atomic mass is 16.3. The first-order chi connectivity index (χ1) is 8.25. The lowest BCUT2D eigenvalue weighted by Gasteiger charge is -2.38. The van der Waals surface area contributed by atoms with Gasteiger partial charge in [-0.3, -0.25) is 0 Å². The van der Waals surface area contributed by atoms with Crippen LogP contribution in [0.3, 0.4) is 0 Å². The molecule has 0 radical (unpaired) electrons. The summed E-state index contributed by atoms with van der Waals surface area (Å²) in [4.78, 5) is 2.56. The van der Waals surface area contributed by atoms with Crippen LogP contribution in [0.4, 0.5) is 0 Å². The van der Waals surface area contributed by atoms with E-state index in [0.717, 1.165) is 38.4 Å². The van der Waals surface area contributed by atoms with Crippen molar-refractivity contribution < 1.29 is 5.11 Å². The zero-order chi connectivity index (χ0) is 11.7. The van der Waals surface area contributed by atoms with Crippen LogP contribution >= 0.6 is 0 Å². The van der Waals surface area contributed by atoms with E-state index in [1.807, 2.05) is 6.07 Å². The molecule has 1 aliphatic carbocycles. The molecule has 0 spiro atoms. The second-order valence-electron chi connectivity index (χ2n) is 5.65. The van der Waals surface area contributed by atoms with E-state index in [0.29, 0.717) is 0 Å². The SMILES string of the molecule is OC1(Cc2ccccc2)CCN(C2CC2)CC1. The maximum atomic E-state index is 10.6. The topological polar surface area (TPSA) is 23.5 Å². The summed E-state index contributed by atoms with van der Waals surface area (Å²) >= 11 is 0. The first kappa shape index (κ1) is 11.2. The van der Waals surface area contributed by atoms with Gasteiger partial charge in [0.15, 0.2) is 0 Å². The third-order valence-corrected chi connectivity index (χ3v) is 4.17. The van der Waals surface area contributed by atoms with E-state index in [9.17, 15) is 5.11 Å². The third-order valence-electron chi connectivity index (χ3n) is 4.17. The zero-order valence-corrected chi connectivity index (χ0v) is 10.3. The number of piperidine rings is 1. The second kappa shape index (κ2) is 4.43. The average molecular weight is 231 g/mol. The molecule has 2 fully saturated rings. The Hall–Kier alpha value is -0.860. The van der Waals surface area contributed by atoms with E-state index in [1.165, 1.54) is 18.4 Å². The van der Waals surface area contributed by atoms with E-state index < -0.39 is 5.60 Å². The van der Waals surface area contributed by atoms with E-state index in [4.69, 9.17) is 0 Å². The molecule has 92 valence electrons. The lowest BCUT2D eigenvalue weighted by molar-refractivity contribution is -0.0224. The van der Waals surface area contributed by atoms with Crippen LogP contribution in [0.15, 0.2) is 30.3 Å². The minimum absolute atomic E-state index is 0.466. The standard InChI is InChI=1S/C15H21NO/c17-15(12-13-4-2-1-3-5-13)8-10-16(11-9-15)14-6-7-14/h1-5,14,17H,6-12H2. The van der Waals surface area contributed by atoms with Crippen LogP contribution in [-0.4, -0.2) is 34.7 Å². The van der Waals surface area contributed by atoms with Crippen molar-refractivity contribution in [2.45, 2.75) is 43.7 Å². The van der Waals surface area contributed by atoms with Gasteiger partial charge in [-0.25, -0.2) is 0 Å². The summed E-state index contributed by atoms with van der Waals surface area (Å²) in [6, 6.07) is 11.2. The first-order valence-corrected chi connectivity index (χ1v) is 6.76. The van der Waals surface area contributed by atoms with E-state index in [1.54, 1.807) is 0 Å². The summed E-state index contributed by atoms with van der Waals surface area (Å²) < 4.78 is 0. The van der Waals surface area contributed by atoms with E-state index in [-0.39, 0.29) is 0 Å². The van der Waals surface area contributed by atoms with Crippen molar-refractivity contribution >= 4 is 0 Å². The molecule has 0 bridgehead atoms. The number of likely N-dealkylation sites (tertiary alicyclic amines) is 1. The Bertz CT molecular complexity index is 364. The van der Waals surface area contributed by atoms with Crippen molar-refractivity contribution in [1.82, 2.24) is 4.90 Å². The van der Waals surface area contributed by atoms with Crippen LogP contribution < -0.4 is 0 Å². The monoisotopic (exact) mass is 231 g/mol. The molecule has 0 aromatic heterocycles. The summed E-state index contributed by atoms with van der Waals surface area (Å²) in [5.41, 5.74) is 0.794. The summed E-state index contributed by atoms with van der Waals surface area (Å²) in [5, 5.41) is 10.6. The number of rotatable bonds is 3. The minimum atomic E-state index is -0.466. The van der Waals surface area contributed by atoms with Crippen molar-refractivity contribution in [3.05, 3.63) is 35.9 Å². The molecule has 0 unspecified atom stereocenters. The summed E-state index contributed by atoms with van der Waals surface area (Å²) in [6.45, 7) is 2.15. The van der Waals surface area contributed by atoms with Gasteiger partial charge in [0.25, 0.3) is 0 Å². The van der Waals surface area contributed by atoms with Gasteiger partial charge >= 0.3 is 0 Å². The Labute approximate surface area is 103 Å². The molecule has 3 rings (SSSR count). The third kappa shape index (κ3) is 2.70. The van der Waals surface area contributed by atoms with Gasteiger partial charge in [-0.15, -0.1) is 0 Å². The molecular weight excluding hydrogens is 210 g/mol. The molecule has 0 amide bonds. The Balaban J connectivity index is 1.59. The van der Waals surface area contributed by atoms with E-state index >= 15 is 0 Å². The van der Waals surface area contributed by atoms with Crippen LogP contribution in [0.5, 0.6) is 0 Å². The Morgan fingerprint density at radius 2 is 1.76 bits per heavy atom. The number of hydrogen-bond donors (Lipinski definition) is 1. The molecule has 1 aliphatic heterocycles. The molecule has 2 nitrogen and oxygen atoms in total. The number of aliphatic hydroxyl groups is 1. The van der Waals surface area contributed by atoms with Gasteiger partial charge in [-0.2, -0.15) is 0 Å². The molecule has 2 heteroatoms. The number of benzene rings is 1. The summed E-state index contributed by atoms with van der Waals surface area (Å²) in [7, 11) is 0. The fraction of sp³-hybridized carbons (Fsp3) is 0.600. The number of nitrogens with zero attached hydrogens (tertiary/aromatic N) is 1. The molecular formula is C15H21NO. The Morgan fingerprint density at radius 1 is 1.12 bits per heavy atom. The first-order valence-electron chi connectivity index (χ1n) is 6.76. The Morgan fingerprint density at radius 3 is 2.35 bits per heavy atom. The van der Waals surface area contributed by atoms with Crippen molar-refractivity contribution in [2.24, 2.45) is 0 Å². The lowest BCUT2D eigenvalue weighted by atomic mass is 9.85. The maximum absolute atomic E-state index is 10.6. The van der Waals surface area contributed by atoms with Crippen LogP contribution in [0.25, 0.3) is 0 Å². The molecule has 1 aromatic carbocycles. The van der Waals surface area contributed by atoms with Crippen LogP contribution in [0.1, 0.15) is 31.2 Å². The predicted molar refractivity (Wildman–Crippen MR) is 68.9 cm³/mol. The van der Waals surface area contributed by atoms with Gasteiger partial charge in [-0.1, -0.05) is 30.3 Å². The quantitative estimate of drug-likeness (QED) is 0.862. The fourth-order valence-corrected chi connectivity index (χ4v) is 2.90. The number of hydrogen-bond acceptors (Lipinski definition) is 2. The van der Waals surface area contributed by atoms with Gasteiger partial charge in [0.1, 0.15) is 0 Å². The molecule has 1 saturated carbocycles. The Kier molecular flexibility index (Phi) is 2.93. The van der Waals surface area contributed by atoms with Crippen LogP contribution in [0.2, 0.25) is 0 Å². The zero-order valence-electron chi connectivity index (χ0n) is 10.3. The molecule has 1 aromatic rings. The average Bonchev–Trinajstić information content (AvgIpc) is 3.15. The highest BCUT2D eigenvalue weighted by molar-refractivity contribution is 5.17. The smallest absolute Gasteiger partial charge is 0.0712 e. The normalized spacial score (nSPS) is 24.8. The van der Waals surface area contributed by atoms with Crippen molar-refractivity contribution in [2.75, 3.05) is 13.1 Å². The minimum Gasteiger partial charge on any atom is -0.389 e. The summed E-state index contributed by atoms with van der Waals surface area (Å²) in [5.74, 6) is 0. The molecule has 1 saturated heterocycles. The van der Waals surface area contributed by atoms with Gasteiger partial charge in [0.05, 0.1) is 5.60 Å². The van der Waals surface area contributed by atoms with Crippen molar-refractivity contribution in [3.63, 3.8) is 0 Å². The predicted octanol–water partition coefficient (Wildman–Crippen LogP) is 2.22. The second-order valence-corrected chi connectivity index (χ2v) is 5.65. The fourth-order valence-electron chi connectivity index (χ4n) is 2.90. The van der Waals surface area contributed by atoms with E-state index in [2.05, 4.69) is 29.2 Å². The van der Waals surface area contributed by atoms with Crippen LogP contribution in [0, 0.1) is 0 Å². The molecule has 1 N–H and O–H groups in total. The van der Waals surface area contributed by atoms with Crippen molar-refractivity contribution in [3.8, 4) is 0 Å². The lowest BCUT2D eigenvalue weighted by Crippen LogP contribution is -2.46. The highest BCUT2D eigenvalue weighted by Crippen LogP contribution is 2.33. The van der Waals surface area contributed by atoms with Gasteiger partial charge in [0, 0.05) is 25.6 Å².